The standard InChI is InChI=1S/C12H8N3/c1-2-5-11-10(4-1)6-9-15(11)12-13-7-3-8-14-12/h2-9H. The van der Waals surface area contributed by atoms with E-state index in [0.29, 0.717) is 5.95 Å². The predicted molar refractivity (Wildman–Crippen MR) is 57.7 cm³/mol. The van der Waals surface area contributed by atoms with Gasteiger partial charge in [-0.1, -0.05) is 6.07 Å². The monoisotopic (exact) mass is 194 g/mol. The van der Waals surface area contributed by atoms with Gasteiger partial charge in [0.15, 0.2) is 0 Å². The minimum atomic E-state index is 0.693. The second kappa shape index (κ2) is 3.20. The SMILES string of the molecule is [c]1ccc2c(c1)ccn2-c1ncccn1. The molecular formula is C12H8N3. The summed E-state index contributed by atoms with van der Waals surface area (Å²) in [6.45, 7) is 0. The highest BCUT2D eigenvalue weighted by Gasteiger charge is 2.02. The van der Waals surface area contributed by atoms with E-state index in [1.807, 2.05) is 41.1 Å². The summed E-state index contributed by atoms with van der Waals surface area (Å²) in [5, 5.41) is 1.14. The first kappa shape index (κ1) is 8.17. The number of benzene rings is 1. The summed E-state index contributed by atoms with van der Waals surface area (Å²) >= 11 is 0. The molecule has 0 aliphatic carbocycles. The molecule has 0 spiro atoms. The molecule has 3 nitrogen and oxygen atoms in total. The van der Waals surface area contributed by atoms with Crippen molar-refractivity contribution in [2.75, 3.05) is 0 Å². The van der Waals surface area contributed by atoms with Crippen LogP contribution in [0.15, 0.2) is 48.9 Å². The number of fused-ring (bicyclic) bond motifs is 1. The van der Waals surface area contributed by atoms with E-state index in [1.165, 1.54) is 0 Å². The minimum absolute atomic E-state index is 0.693. The van der Waals surface area contributed by atoms with Crippen LogP contribution in [0.2, 0.25) is 0 Å². The van der Waals surface area contributed by atoms with Crippen molar-refractivity contribution in [3.8, 4) is 5.95 Å². The molecule has 0 amide bonds. The van der Waals surface area contributed by atoms with Crippen LogP contribution < -0.4 is 0 Å². The van der Waals surface area contributed by atoms with Crippen molar-refractivity contribution < 1.29 is 0 Å². The Morgan fingerprint density at radius 1 is 1.13 bits per heavy atom. The normalized spacial score (nSPS) is 10.7. The second-order valence-electron chi connectivity index (χ2n) is 3.22. The van der Waals surface area contributed by atoms with Crippen LogP contribution in [0.1, 0.15) is 0 Å². The maximum atomic E-state index is 4.21. The Bertz CT molecular complexity index is 584. The van der Waals surface area contributed by atoms with Gasteiger partial charge in [-0.15, -0.1) is 0 Å². The fourth-order valence-electron chi connectivity index (χ4n) is 1.61. The second-order valence-corrected chi connectivity index (χ2v) is 3.22. The van der Waals surface area contributed by atoms with Crippen LogP contribution in [-0.4, -0.2) is 14.5 Å². The first-order valence-electron chi connectivity index (χ1n) is 4.70. The van der Waals surface area contributed by atoms with Gasteiger partial charge in [0.05, 0.1) is 5.52 Å². The van der Waals surface area contributed by atoms with Crippen LogP contribution in [0.5, 0.6) is 0 Å². The van der Waals surface area contributed by atoms with Crippen LogP contribution in [0, 0.1) is 6.07 Å². The van der Waals surface area contributed by atoms with Crippen molar-refractivity contribution in [2.24, 2.45) is 0 Å². The summed E-state index contributed by atoms with van der Waals surface area (Å²) < 4.78 is 1.96. The Morgan fingerprint density at radius 2 is 2.00 bits per heavy atom. The Hall–Kier alpha value is -2.16. The smallest absolute Gasteiger partial charge is 0.234 e. The molecule has 0 N–H and O–H groups in total. The lowest BCUT2D eigenvalue weighted by molar-refractivity contribution is 0.962. The van der Waals surface area contributed by atoms with Gasteiger partial charge in [-0.25, -0.2) is 9.97 Å². The zero-order valence-electron chi connectivity index (χ0n) is 7.96. The number of aromatic nitrogens is 3. The van der Waals surface area contributed by atoms with Crippen molar-refractivity contribution in [2.45, 2.75) is 0 Å². The van der Waals surface area contributed by atoms with Gasteiger partial charge in [0.25, 0.3) is 0 Å². The van der Waals surface area contributed by atoms with E-state index in [1.54, 1.807) is 12.4 Å². The third-order valence-electron chi connectivity index (χ3n) is 2.30. The lowest BCUT2D eigenvalue weighted by Crippen LogP contribution is -1.97. The number of hydrogen-bond donors (Lipinski definition) is 0. The third kappa shape index (κ3) is 1.29. The Balaban J connectivity index is 2.28. The summed E-state index contributed by atoms with van der Waals surface area (Å²) in [5.41, 5.74) is 1.10. The number of nitrogens with zero attached hydrogens (tertiary/aromatic N) is 3. The fourth-order valence-corrected chi connectivity index (χ4v) is 1.61. The lowest BCUT2D eigenvalue weighted by atomic mass is 10.2. The van der Waals surface area contributed by atoms with Gasteiger partial charge in [-0.2, -0.15) is 0 Å². The zero-order chi connectivity index (χ0) is 10.1. The number of hydrogen-bond acceptors (Lipinski definition) is 2. The van der Waals surface area contributed by atoms with E-state index in [2.05, 4.69) is 16.0 Å². The van der Waals surface area contributed by atoms with E-state index in [4.69, 9.17) is 0 Å². The molecule has 3 aromatic rings. The largest absolute Gasteiger partial charge is 0.285 e. The van der Waals surface area contributed by atoms with Gasteiger partial charge >= 0.3 is 0 Å². The molecule has 1 radical (unpaired) electrons. The Morgan fingerprint density at radius 3 is 2.87 bits per heavy atom. The molecule has 0 atom stereocenters. The maximum absolute atomic E-state index is 4.21. The van der Waals surface area contributed by atoms with Crippen LogP contribution in [0.4, 0.5) is 0 Å². The first-order valence-corrected chi connectivity index (χ1v) is 4.70. The summed E-state index contributed by atoms with van der Waals surface area (Å²) in [4.78, 5) is 8.43. The van der Waals surface area contributed by atoms with Gasteiger partial charge < -0.3 is 0 Å². The van der Waals surface area contributed by atoms with Gasteiger partial charge in [-0.3, -0.25) is 4.57 Å². The molecular weight excluding hydrogens is 186 g/mol. The van der Waals surface area contributed by atoms with Crippen LogP contribution in [-0.2, 0) is 0 Å². The summed E-state index contributed by atoms with van der Waals surface area (Å²) in [6, 6.07) is 12.7. The highest BCUT2D eigenvalue weighted by atomic mass is 15.1. The van der Waals surface area contributed by atoms with Crippen LogP contribution in [0.25, 0.3) is 16.9 Å². The zero-order valence-corrected chi connectivity index (χ0v) is 7.96. The molecule has 15 heavy (non-hydrogen) atoms. The summed E-state index contributed by atoms with van der Waals surface area (Å²) in [6.07, 6.45) is 5.44. The molecule has 0 saturated heterocycles. The molecule has 0 aliphatic rings. The van der Waals surface area contributed by atoms with Gasteiger partial charge in [0.2, 0.25) is 5.95 Å². The summed E-state index contributed by atoms with van der Waals surface area (Å²) in [5.74, 6) is 0.693. The third-order valence-corrected chi connectivity index (χ3v) is 2.30. The fraction of sp³-hybridized carbons (Fsp3) is 0. The van der Waals surface area contributed by atoms with E-state index in [-0.39, 0.29) is 0 Å². The van der Waals surface area contributed by atoms with Crippen molar-refractivity contribution in [1.82, 2.24) is 14.5 Å². The van der Waals surface area contributed by atoms with Crippen molar-refractivity contribution in [3.05, 3.63) is 55.0 Å². The molecule has 1 aromatic carbocycles. The van der Waals surface area contributed by atoms with E-state index in [0.717, 1.165) is 10.9 Å². The minimum Gasteiger partial charge on any atom is -0.285 e. The molecule has 0 saturated carbocycles. The van der Waals surface area contributed by atoms with E-state index < -0.39 is 0 Å². The molecule has 0 aliphatic heterocycles. The van der Waals surface area contributed by atoms with Gasteiger partial charge in [0, 0.05) is 24.0 Å². The first-order chi connectivity index (χ1) is 7.45. The van der Waals surface area contributed by atoms with Gasteiger partial charge in [-0.05, 0) is 30.3 Å². The average molecular weight is 194 g/mol. The predicted octanol–water partition coefficient (Wildman–Crippen LogP) is 2.22. The van der Waals surface area contributed by atoms with Crippen LogP contribution >= 0.6 is 0 Å². The maximum Gasteiger partial charge on any atom is 0.234 e. The van der Waals surface area contributed by atoms with E-state index >= 15 is 0 Å². The average Bonchev–Trinajstić information content (AvgIpc) is 2.74. The van der Waals surface area contributed by atoms with E-state index in [9.17, 15) is 0 Å². The molecule has 71 valence electrons. The van der Waals surface area contributed by atoms with Gasteiger partial charge in [0.1, 0.15) is 0 Å². The molecule has 2 aromatic heterocycles. The summed E-state index contributed by atoms with van der Waals surface area (Å²) in [7, 11) is 0. The van der Waals surface area contributed by atoms with Crippen molar-refractivity contribution >= 4 is 10.9 Å². The van der Waals surface area contributed by atoms with Crippen molar-refractivity contribution in [3.63, 3.8) is 0 Å². The molecule has 3 rings (SSSR count). The highest BCUT2D eigenvalue weighted by Crippen LogP contribution is 2.16. The highest BCUT2D eigenvalue weighted by molar-refractivity contribution is 5.81. The molecule has 0 unspecified atom stereocenters. The Kier molecular flexibility index (Phi) is 1.75. The number of rotatable bonds is 1. The van der Waals surface area contributed by atoms with Crippen molar-refractivity contribution in [1.29, 1.82) is 0 Å². The molecule has 0 fully saturated rings. The Labute approximate surface area is 87.0 Å². The molecule has 3 heteroatoms. The molecule has 0 bridgehead atoms. The quantitative estimate of drug-likeness (QED) is 0.594. The topological polar surface area (TPSA) is 30.7 Å². The van der Waals surface area contributed by atoms with Crippen LogP contribution in [0.3, 0.4) is 0 Å². The molecule has 2 heterocycles. The lowest BCUT2D eigenvalue weighted by Gasteiger charge is -2.01.